The van der Waals surface area contributed by atoms with Gasteiger partial charge in [0.25, 0.3) is 0 Å². The zero-order valence-electron chi connectivity index (χ0n) is 7.02. The largest absolute Gasteiger partial charge is 0.385 e. The van der Waals surface area contributed by atoms with Crippen LogP contribution < -0.4 is 0 Å². The van der Waals surface area contributed by atoms with Crippen molar-refractivity contribution in [2.75, 3.05) is 0 Å². The lowest BCUT2D eigenvalue weighted by Gasteiger charge is -2.35. The monoisotopic (exact) mass is 140 g/mol. The van der Waals surface area contributed by atoms with E-state index in [2.05, 4.69) is 26.8 Å². The first-order valence-corrected chi connectivity index (χ1v) is 3.86. The van der Waals surface area contributed by atoms with Gasteiger partial charge < -0.3 is 5.11 Å². The van der Waals surface area contributed by atoms with Crippen LogP contribution in [-0.2, 0) is 0 Å². The summed E-state index contributed by atoms with van der Waals surface area (Å²) >= 11 is 0. The fraction of sp³-hybridized carbons (Fsp3) is 0.778. The van der Waals surface area contributed by atoms with E-state index < -0.39 is 5.60 Å². The molecule has 0 radical (unpaired) electrons. The smallest absolute Gasteiger partial charge is 0.0878 e. The minimum Gasteiger partial charge on any atom is -0.385 e. The van der Waals surface area contributed by atoms with Crippen molar-refractivity contribution in [1.82, 2.24) is 0 Å². The zero-order valence-corrected chi connectivity index (χ0v) is 7.02. The Labute approximate surface area is 62.8 Å². The first-order chi connectivity index (χ1) is 4.46. The summed E-state index contributed by atoms with van der Waals surface area (Å²) in [5.41, 5.74) is -0.562. The predicted octanol–water partition coefficient (Wildman–Crippen LogP) is 2.11. The Morgan fingerprint density at radius 2 is 2.00 bits per heavy atom. The molecule has 1 atom stereocenters. The molecule has 0 aromatic carbocycles. The number of hydrogen-bond acceptors (Lipinski definition) is 1. The van der Waals surface area contributed by atoms with Gasteiger partial charge in [-0.2, -0.15) is 0 Å². The third-order valence-corrected chi connectivity index (χ3v) is 2.38. The number of rotatable bonds is 0. The van der Waals surface area contributed by atoms with E-state index in [0.29, 0.717) is 0 Å². The van der Waals surface area contributed by atoms with Crippen molar-refractivity contribution < 1.29 is 5.11 Å². The molecule has 0 bridgehead atoms. The fourth-order valence-corrected chi connectivity index (χ4v) is 1.29. The van der Waals surface area contributed by atoms with Crippen molar-refractivity contribution >= 4 is 0 Å². The number of allylic oxidation sites excluding steroid dienone is 1. The van der Waals surface area contributed by atoms with Gasteiger partial charge in [-0.3, -0.25) is 0 Å². The number of aliphatic hydroxyl groups is 1. The number of hydrogen-bond donors (Lipinski definition) is 1. The summed E-state index contributed by atoms with van der Waals surface area (Å²) in [6.45, 7) is 6.22. The van der Waals surface area contributed by atoms with Gasteiger partial charge in [0.05, 0.1) is 5.60 Å². The van der Waals surface area contributed by atoms with Gasteiger partial charge in [-0.1, -0.05) is 32.9 Å². The lowest BCUT2D eigenvalue weighted by atomic mass is 9.76. The molecular weight excluding hydrogens is 124 g/mol. The Hall–Kier alpha value is -0.300. The minimum atomic E-state index is -0.549. The Kier molecular flexibility index (Phi) is 1.63. The second-order valence-corrected chi connectivity index (χ2v) is 4.12. The molecule has 58 valence electrons. The van der Waals surface area contributed by atoms with E-state index >= 15 is 0 Å². The van der Waals surface area contributed by atoms with Gasteiger partial charge in [0, 0.05) is 0 Å². The van der Waals surface area contributed by atoms with Crippen LogP contribution in [0.15, 0.2) is 12.2 Å². The molecular formula is C9H16O. The molecule has 1 heteroatoms. The normalized spacial score (nSPS) is 33.2. The van der Waals surface area contributed by atoms with Gasteiger partial charge in [-0.05, 0) is 18.3 Å². The fourth-order valence-electron chi connectivity index (χ4n) is 1.29. The summed E-state index contributed by atoms with van der Waals surface area (Å²) in [6.07, 6.45) is 5.91. The molecule has 0 spiro atoms. The third kappa shape index (κ3) is 1.10. The van der Waals surface area contributed by atoms with Crippen LogP contribution in [0.5, 0.6) is 0 Å². The summed E-state index contributed by atoms with van der Waals surface area (Å²) in [5.74, 6) is 0. The SMILES string of the molecule is CC(C)(C)[C@@]1(O)C=CCC1. The van der Waals surface area contributed by atoms with Gasteiger partial charge in [0.15, 0.2) is 0 Å². The van der Waals surface area contributed by atoms with Crippen molar-refractivity contribution in [3.63, 3.8) is 0 Å². The molecule has 0 fully saturated rings. The first-order valence-electron chi connectivity index (χ1n) is 3.86. The lowest BCUT2D eigenvalue weighted by Crippen LogP contribution is -2.38. The molecule has 1 aliphatic rings. The Morgan fingerprint density at radius 1 is 1.40 bits per heavy atom. The summed E-state index contributed by atoms with van der Waals surface area (Å²) in [6, 6.07) is 0. The van der Waals surface area contributed by atoms with E-state index in [1.807, 2.05) is 6.08 Å². The molecule has 0 saturated carbocycles. The van der Waals surface area contributed by atoms with Crippen molar-refractivity contribution in [2.45, 2.75) is 39.2 Å². The highest BCUT2D eigenvalue weighted by atomic mass is 16.3. The average molecular weight is 140 g/mol. The van der Waals surface area contributed by atoms with Crippen LogP contribution in [0.2, 0.25) is 0 Å². The maximum absolute atomic E-state index is 9.94. The van der Waals surface area contributed by atoms with Crippen molar-refractivity contribution in [2.24, 2.45) is 5.41 Å². The van der Waals surface area contributed by atoms with Crippen LogP contribution in [0.25, 0.3) is 0 Å². The van der Waals surface area contributed by atoms with Crippen molar-refractivity contribution in [3.8, 4) is 0 Å². The van der Waals surface area contributed by atoms with Gasteiger partial charge in [-0.25, -0.2) is 0 Å². The van der Waals surface area contributed by atoms with E-state index in [-0.39, 0.29) is 5.41 Å². The molecule has 0 heterocycles. The lowest BCUT2D eigenvalue weighted by molar-refractivity contribution is -0.0131. The van der Waals surface area contributed by atoms with Gasteiger partial charge in [-0.15, -0.1) is 0 Å². The molecule has 0 aliphatic heterocycles. The van der Waals surface area contributed by atoms with E-state index in [4.69, 9.17) is 0 Å². The predicted molar refractivity (Wildman–Crippen MR) is 42.8 cm³/mol. The molecule has 0 aromatic rings. The van der Waals surface area contributed by atoms with Crippen molar-refractivity contribution in [3.05, 3.63) is 12.2 Å². The topological polar surface area (TPSA) is 20.2 Å². The van der Waals surface area contributed by atoms with Crippen LogP contribution in [0.4, 0.5) is 0 Å². The Morgan fingerprint density at radius 3 is 2.20 bits per heavy atom. The highest BCUT2D eigenvalue weighted by molar-refractivity contribution is 5.13. The van der Waals surface area contributed by atoms with Crippen LogP contribution in [0, 0.1) is 5.41 Å². The van der Waals surface area contributed by atoms with Gasteiger partial charge >= 0.3 is 0 Å². The summed E-state index contributed by atoms with van der Waals surface area (Å²) in [7, 11) is 0. The maximum Gasteiger partial charge on any atom is 0.0878 e. The van der Waals surface area contributed by atoms with Gasteiger partial charge in [0.1, 0.15) is 0 Å². The standard InChI is InChI=1S/C9H16O/c1-8(2,3)9(10)6-4-5-7-9/h4,6,10H,5,7H2,1-3H3/t9-/m1/s1. The maximum atomic E-state index is 9.94. The van der Waals surface area contributed by atoms with E-state index in [9.17, 15) is 5.11 Å². The molecule has 0 aromatic heterocycles. The molecule has 0 unspecified atom stereocenters. The molecule has 1 N–H and O–H groups in total. The van der Waals surface area contributed by atoms with Gasteiger partial charge in [0.2, 0.25) is 0 Å². The van der Waals surface area contributed by atoms with E-state index in [1.165, 1.54) is 0 Å². The molecule has 10 heavy (non-hydrogen) atoms. The highest BCUT2D eigenvalue weighted by Crippen LogP contribution is 2.38. The summed E-state index contributed by atoms with van der Waals surface area (Å²) < 4.78 is 0. The first kappa shape index (κ1) is 7.80. The Bertz CT molecular complexity index is 153. The minimum absolute atomic E-state index is 0.0139. The molecule has 1 nitrogen and oxygen atoms in total. The third-order valence-electron chi connectivity index (χ3n) is 2.38. The average Bonchev–Trinajstić information content (AvgIpc) is 2.13. The van der Waals surface area contributed by atoms with Crippen LogP contribution in [-0.4, -0.2) is 10.7 Å². The molecule has 0 amide bonds. The van der Waals surface area contributed by atoms with E-state index in [1.54, 1.807) is 0 Å². The van der Waals surface area contributed by atoms with Crippen molar-refractivity contribution in [1.29, 1.82) is 0 Å². The summed E-state index contributed by atoms with van der Waals surface area (Å²) in [5, 5.41) is 9.94. The van der Waals surface area contributed by atoms with E-state index in [0.717, 1.165) is 12.8 Å². The molecule has 1 rings (SSSR count). The summed E-state index contributed by atoms with van der Waals surface area (Å²) in [4.78, 5) is 0. The highest BCUT2D eigenvalue weighted by Gasteiger charge is 2.38. The van der Waals surface area contributed by atoms with Crippen LogP contribution in [0.1, 0.15) is 33.6 Å². The van der Waals surface area contributed by atoms with Crippen LogP contribution >= 0.6 is 0 Å². The zero-order chi connectivity index (χ0) is 7.83. The quantitative estimate of drug-likeness (QED) is 0.511. The second-order valence-electron chi connectivity index (χ2n) is 4.12. The Balaban J connectivity index is 2.78. The molecule has 1 aliphatic carbocycles. The molecule has 0 saturated heterocycles. The second kappa shape index (κ2) is 2.09. The van der Waals surface area contributed by atoms with Crippen LogP contribution in [0.3, 0.4) is 0 Å².